The summed E-state index contributed by atoms with van der Waals surface area (Å²) in [4.78, 5) is 2.02. The molecule has 0 aliphatic carbocycles. The Balaban J connectivity index is 2.16. The Morgan fingerprint density at radius 1 is 0.800 bits per heavy atom. The molecule has 0 saturated heterocycles. The second-order valence-corrected chi connectivity index (χ2v) is 4.50. The van der Waals surface area contributed by atoms with Crippen molar-refractivity contribution in [2.45, 2.75) is 13.0 Å². The van der Waals surface area contributed by atoms with Crippen molar-refractivity contribution >= 4 is 5.69 Å². The van der Waals surface area contributed by atoms with Gasteiger partial charge in [0.1, 0.15) is 6.54 Å². The molecular weight excluding hydrogens is 246 g/mol. The smallest absolute Gasteiger partial charge is 0.106 e. The first kappa shape index (κ1) is 13.6. The van der Waals surface area contributed by atoms with Crippen molar-refractivity contribution in [2.24, 2.45) is 0 Å². The lowest BCUT2D eigenvalue weighted by molar-refractivity contribution is 0.872. The highest BCUT2D eigenvalue weighted by molar-refractivity contribution is 5.49. The summed E-state index contributed by atoms with van der Waals surface area (Å²) in [5.74, 6) is 0. The van der Waals surface area contributed by atoms with E-state index in [1.54, 1.807) is 0 Å². The summed E-state index contributed by atoms with van der Waals surface area (Å²) in [6.07, 6.45) is 0.414. The van der Waals surface area contributed by atoms with Gasteiger partial charge in [-0.2, -0.15) is 10.5 Å². The summed E-state index contributed by atoms with van der Waals surface area (Å²) in [5.41, 5.74) is 3.16. The van der Waals surface area contributed by atoms with Crippen molar-refractivity contribution in [3.8, 4) is 12.1 Å². The van der Waals surface area contributed by atoms with E-state index in [0.29, 0.717) is 19.5 Å². The lowest BCUT2D eigenvalue weighted by atomic mass is 10.1. The van der Waals surface area contributed by atoms with E-state index >= 15 is 0 Å². The maximum Gasteiger partial charge on any atom is 0.106 e. The Bertz CT molecular complexity index is 618. The second-order valence-electron chi connectivity index (χ2n) is 4.50. The van der Waals surface area contributed by atoms with Crippen molar-refractivity contribution in [2.75, 3.05) is 11.4 Å². The van der Waals surface area contributed by atoms with E-state index in [2.05, 4.69) is 24.3 Å². The highest BCUT2D eigenvalue weighted by atomic mass is 15.1. The molecule has 0 unspecified atom stereocenters. The Labute approximate surface area is 119 Å². The molecule has 0 saturated carbocycles. The van der Waals surface area contributed by atoms with Crippen LogP contribution in [0.2, 0.25) is 0 Å². The van der Waals surface area contributed by atoms with Crippen LogP contribution in [0.15, 0.2) is 54.6 Å². The molecule has 0 aliphatic rings. The van der Waals surface area contributed by atoms with E-state index in [1.807, 2.05) is 47.4 Å². The molecule has 3 nitrogen and oxygen atoms in total. The number of nitrogens with zero attached hydrogens (tertiary/aromatic N) is 3. The molecule has 2 aromatic rings. The Hall–Kier alpha value is -2.78. The molecule has 0 N–H and O–H groups in total. The van der Waals surface area contributed by atoms with Gasteiger partial charge in [0.05, 0.1) is 18.6 Å². The Kier molecular flexibility index (Phi) is 4.76. The number of benzene rings is 2. The first-order chi connectivity index (χ1) is 9.83. The largest absolute Gasteiger partial charge is 0.354 e. The van der Waals surface area contributed by atoms with Crippen LogP contribution in [0, 0.1) is 22.7 Å². The molecule has 0 aliphatic heterocycles. The van der Waals surface area contributed by atoms with Crippen LogP contribution >= 0.6 is 0 Å². The molecule has 0 bridgehead atoms. The minimum Gasteiger partial charge on any atom is -0.354 e. The molecule has 3 heteroatoms. The van der Waals surface area contributed by atoms with Gasteiger partial charge in [0.15, 0.2) is 0 Å². The van der Waals surface area contributed by atoms with Crippen molar-refractivity contribution in [1.29, 1.82) is 10.5 Å². The number of rotatable bonds is 5. The topological polar surface area (TPSA) is 50.8 Å². The van der Waals surface area contributed by atoms with Crippen LogP contribution in [0.3, 0.4) is 0 Å². The van der Waals surface area contributed by atoms with E-state index in [0.717, 1.165) is 11.3 Å². The average molecular weight is 261 g/mol. The predicted octanol–water partition coefficient (Wildman–Crippen LogP) is 3.28. The number of hydrogen-bond donors (Lipinski definition) is 0. The molecule has 0 spiro atoms. The lowest BCUT2D eigenvalue weighted by Crippen LogP contribution is -2.22. The lowest BCUT2D eigenvalue weighted by Gasteiger charge is -2.22. The third-order valence-corrected chi connectivity index (χ3v) is 3.06. The first-order valence-corrected chi connectivity index (χ1v) is 6.45. The standard InChI is InChI=1S/C17H15N3/c18-11-10-15-6-8-17(9-7-15)20(13-12-19)14-16-4-2-1-3-5-16/h1-9H,10,13-14H2. The van der Waals surface area contributed by atoms with Crippen LogP contribution in [-0.4, -0.2) is 6.54 Å². The zero-order valence-corrected chi connectivity index (χ0v) is 11.2. The Morgan fingerprint density at radius 3 is 2.10 bits per heavy atom. The van der Waals surface area contributed by atoms with Gasteiger partial charge in [0.25, 0.3) is 0 Å². The van der Waals surface area contributed by atoms with Gasteiger partial charge in [-0.25, -0.2) is 0 Å². The molecule has 20 heavy (non-hydrogen) atoms. The van der Waals surface area contributed by atoms with Crippen LogP contribution in [0.25, 0.3) is 0 Å². The third-order valence-electron chi connectivity index (χ3n) is 3.06. The molecule has 0 amide bonds. The van der Waals surface area contributed by atoms with Crippen LogP contribution in [0.5, 0.6) is 0 Å². The summed E-state index contributed by atoms with van der Waals surface area (Å²) in [5, 5.41) is 17.7. The molecule has 0 radical (unpaired) electrons. The number of anilines is 1. The summed E-state index contributed by atoms with van der Waals surface area (Å²) < 4.78 is 0. The molecule has 98 valence electrons. The van der Waals surface area contributed by atoms with Gasteiger partial charge < -0.3 is 4.90 Å². The van der Waals surface area contributed by atoms with Crippen LogP contribution in [0.4, 0.5) is 5.69 Å². The summed E-state index contributed by atoms with van der Waals surface area (Å²) in [6, 6.07) is 22.2. The molecule has 0 atom stereocenters. The summed E-state index contributed by atoms with van der Waals surface area (Å²) >= 11 is 0. The number of nitriles is 2. The fourth-order valence-electron chi connectivity index (χ4n) is 2.04. The summed E-state index contributed by atoms with van der Waals surface area (Å²) in [7, 11) is 0. The fraction of sp³-hybridized carbons (Fsp3) is 0.176. The van der Waals surface area contributed by atoms with Crippen molar-refractivity contribution in [3.05, 3.63) is 65.7 Å². The fourth-order valence-corrected chi connectivity index (χ4v) is 2.04. The molecule has 2 rings (SSSR count). The molecule has 0 fully saturated rings. The monoisotopic (exact) mass is 261 g/mol. The first-order valence-electron chi connectivity index (χ1n) is 6.45. The SMILES string of the molecule is N#CCc1ccc(N(CC#N)Cc2ccccc2)cc1. The zero-order chi connectivity index (χ0) is 14.2. The predicted molar refractivity (Wildman–Crippen MR) is 78.9 cm³/mol. The van der Waals surface area contributed by atoms with E-state index < -0.39 is 0 Å². The highest BCUT2D eigenvalue weighted by Crippen LogP contribution is 2.18. The van der Waals surface area contributed by atoms with E-state index in [4.69, 9.17) is 10.5 Å². The van der Waals surface area contributed by atoms with Gasteiger partial charge in [-0.1, -0.05) is 42.5 Å². The molecule has 0 aromatic heterocycles. The maximum absolute atomic E-state index is 8.98. The quantitative estimate of drug-likeness (QED) is 0.776. The van der Waals surface area contributed by atoms with Gasteiger partial charge in [-0.15, -0.1) is 0 Å². The van der Waals surface area contributed by atoms with E-state index in [9.17, 15) is 0 Å². The van der Waals surface area contributed by atoms with Crippen LogP contribution in [0.1, 0.15) is 11.1 Å². The molecular formula is C17H15N3. The molecule has 2 aromatic carbocycles. The third kappa shape index (κ3) is 3.60. The van der Waals surface area contributed by atoms with Crippen LogP contribution in [-0.2, 0) is 13.0 Å². The van der Waals surface area contributed by atoms with Crippen molar-refractivity contribution in [1.82, 2.24) is 0 Å². The van der Waals surface area contributed by atoms with Gasteiger partial charge in [-0.3, -0.25) is 0 Å². The van der Waals surface area contributed by atoms with E-state index in [1.165, 1.54) is 5.56 Å². The van der Waals surface area contributed by atoms with Gasteiger partial charge in [0, 0.05) is 12.2 Å². The van der Waals surface area contributed by atoms with Gasteiger partial charge >= 0.3 is 0 Å². The number of hydrogen-bond acceptors (Lipinski definition) is 3. The normalized spacial score (nSPS) is 9.50. The van der Waals surface area contributed by atoms with Crippen molar-refractivity contribution < 1.29 is 0 Å². The zero-order valence-electron chi connectivity index (χ0n) is 11.2. The molecule has 0 heterocycles. The maximum atomic E-state index is 8.98. The Morgan fingerprint density at radius 2 is 1.50 bits per heavy atom. The minimum atomic E-state index is 0.340. The minimum absolute atomic E-state index is 0.340. The van der Waals surface area contributed by atoms with Crippen LogP contribution < -0.4 is 4.90 Å². The highest BCUT2D eigenvalue weighted by Gasteiger charge is 2.06. The van der Waals surface area contributed by atoms with Gasteiger partial charge in [-0.05, 0) is 23.3 Å². The van der Waals surface area contributed by atoms with Crippen molar-refractivity contribution in [3.63, 3.8) is 0 Å². The van der Waals surface area contributed by atoms with E-state index in [-0.39, 0.29) is 0 Å². The summed E-state index contributed by atoms with van der Waals surface area (Å²) in [6.45, 7) is 1.04. The second kappa shape index (κ2) is 6.97. The average Bonchev–Trinajstić information content (AvgIpc) is 2.49. The van der Waals surface area contributed by atoms with Gasteiger partial charge in [0.2, 0.25) is 0 Å².